The first-order valence-electron chi connectivity index (χ1n) is 6.08. The van der Waals surface area contributed by atoms with E-state index in [4.69, 9.17) is 11.6 Å². The first-order valence-corrected chi connectivity index (χ1v) is 6.45. The third-order valence-electron chi connectivity index (χ3n) is 3.03. The summed E-state index contributed by atoms with van der Waals surface area (Å²) in [5.74, 6) is -0.454. The monoisotopic (exact) mass is 282 g/mol. The Kier molecular flexibility index (Phi) is 4.22. The van der Waals surface area contributed by atoms with Crippen LogP contribution in [0.15, 0.2) is 24.3 Å². The smallest absolute Gasteiger partial charge is 0.145 e. The maximum absolute atomic E-state index is 13.7. The molecule has 2 aromatic rings. The van der Waals surface area contributed by atoms with Gasteiger partial charge >= 0.3 is 0 Å². The van der Waals surface area contributed by atoms with Crippen molar-refractivity contribution >= 4 is 11.6 Å². The lowest BCUT2D eigenvalue weighted by atomic mass is 10.0. The summed E-state index contributed by atoms with van der Waals surface area (Å²) in [6.45, 7) is 1.90. The van der Waals surface area contributed by atoms with Crippen molar-refractivity contribution < 1.29 is 9.50 Å². The van der Waals surface area contributed by atoms with Crippen molar-refractivity contribution in [2.24, 2.45) is 7.05 Å². The molecule has 0 amide bonds. The topological polar surface area (TPSA) is 38.0 Å². The normalized spacial score (nSPS) is 12.7. The minimum absolute atomic E-state index is 0.0843. The summed E-state index contributed by atoms with van der Waals surface area (Å²) in [7, 11) is 1.83. The minimum Gasteiger partial charge on any atom is -0.392 e. The summed E-state index contributed by atoms with van der Waals surface area (Å²) in [6.07, 6.45) is 0.00248. The molecule has 0 aliphatic rings. The lowest BCUT2D eigenvalue weighted by Gasteiger charge is -2.12. The number of aryl methyl sites for hydroxylation is 2. The van der Waals surface area contributed by atoms with Crippen molar-refractivity contribution in [2.75, 3.05) is 0 Å². The fourth-order valence-corrected chi connectivity index (χ4v) is 2.32. The number of hydrogen-bond acceptors (Lipinski definition) is 2. The van der Waals surface area contributed by atoms with E-state index in [-0.39, 0.29) is 11.4 Å². The molecule has 0 radical (unpaired) electrons. The van der Waals surface area contributed by atoms with Gasteiger partial charge in [0.1, 0.15) is 5.82 Å². The molecule has 0 saturated heterocycles. The van der Waals surface area contributed by atoms with E-state index in [9.17, 15) is 9.50 Å². The molecule has 0 saturated carbocycles. The Bertz CT molecular complexity index is 583. The third-order valence-corrected chi connectivity index (χ3v) is 3.32. The molecule has 1 heterocycles. The van der Waals surface area contributed by atoms with Crippen LogP contribution in [0.25, 0.3) is 0 Å². The van der Waals surface area contributed by atoms with Gasteiger partial charge in [-0.1, -0.05) is 23.7 Å². The van der Waals surface area contributed by atoms with Gasteiger partial charge in [-0.25, -0.2) is 4.39 Å². The lowest BCUT2D eigenvalue weighted by molar-refractivity contribution is 0.171. The Morgan fingerprint density at radius 1 is 1.42 bits per heavy atom. The molecule has 0 fully saturated rings. The van der Waals surface area contributed by atoms with Crippen LogP contribution in [0.2, 0.25) is 5.02 Å². The van der Waals surface area contributed by atoms with E-state index >= 15 is 0 Å². The molecule has 19 heavy (non-hydrogen) atoms. The van der Waals surface area contributed by atoms with Crippen LogP contribution in [0.5, 0.6) is 0 Å². The van der Waals surface area contributed by atoms with Crippen LogP contribution in [0.4, 0.5) is 4.39 Å². The molecule has 102 valence electrons. The second-order valence-corrected chi connectivity index (χ2v) is 5.08. The molecule has 2 rings (SSSR count). The molecular formula is C14H16ClFN2O. The maximum atomic E-state index is 13.7. The zero-order valence-corrected chi connectivity index (χ0v) is 11.7. The van der Waals surface area contributed by atoms with Crippen molar-refractivity contribution in [3.63, 3.8) is 0 Å². The van der Waals surface area contributed by atoms with E-state index in [2.05, 4.69) is 5.10 Å². The number of aromatic nitrogens is 2. The highest BCUT2D eigenvalue weighted by Crippen LogP contribution is 2.20. The molecule has 0 aliphatic carbocycles. The number of benzene rings is 1. The number of hydrogen-bond donors (Lipinski definition) is 1. The van der Waals surface area contributed by atoms with Crippen LogP contribution in [0.1, 0.15) is 17.0 Å². The molecule has 0 spiro atoms. The van der Waals surface area contributed by atoms with Crippen molar-refractivity contribution in [1.82, 2.24) is 9.78 Å². The van der Waals surface area contributed by atoms with Gasteiger partial charge in [-0.3, -0.25) is 4.68 Å². The Hall–Kier alpha value is -1.39. The quantitative estimate of drug-likeness (QED) is 0.936. The van der Waals surface area contributed by atoms with Crippen molar-refractivity contribution in [3.05, 3.63) is 52.1 Å². The molecule has 1 aromatic heterocycles. The van der Waals surface area contributed by atoms with Gasteiger partial charge in [0, 0.05) is 25.6 Å². The highest BCUT2D eigenvalue weighted by Gasteiger charge is 2.14. The predicted molar refractivity (Wildman–Crippen MR) is 72.8 cm³/mol. The largest absolute Gasteiger partial charge is 0.392 e. The minimum atomic E-state index is -0.664. The van der Waals surface area contributed by atoms with Gasteiger partial charge < -0.3 is 5.11 Å². The van der Waals surface area contributed by atoms with Gasteiger partial charge in [-0.05, 0) is 24.6 Å². The third kappa shape index (κ3) is 3.33. The van der Waals surface area contributed by atoms with Crippen LogP contribution in [0.3, 0.4) is 0 Å². The molecule has 5 heteroatoms. The summed E-state index contributed by atoms with van der Waals surface area (Å²) in [6, 6.07) is 6.73. The van der Waals surface area contributed by atoms with Gasteiger partial charge in [0.2, 0.25) is 0 Å². The van der Waals surface area contributed by atoms with Crippen LogP contribution in [-0.2, 0) is 19.9 Å². The zero-order valence-electron chi connectivity index (χ0n) is 10.9. The molecule has 1 unspecified atom stereocenters. The second kappa shape index (κ2) is 5.72. The van der Waals surface area contributed by atoms with Gasteiger partial charge in [-0.2, -0.15) is 5.10 Å². The van der Waals surface area contributed by atoms with Crippen molar-refractivity contribution in [1.29, 1.82) is 0 Å². The standard InChI is InChI=1S/C14H16ClFN2O/c1-9-6-11(18(2)17-9)8-12(19)7-10-4-3-5-13(15)14(10)16/h3-6,12,19H,7-8H2,1-2H3. The Morgan fingerprint density at radius 3 is 2.79 bits per heavy atom. The van der Waals surface area contributed by atoms with Gasteiger partial charge in [0.25, 0.3) is 0 Å². The molecule has 1 aromatic carbocycles. The summed E-state index contributed by atoms with van der Waals surface area (Å²) in [4.78, 5) is 0. The van der Waals surface area contributed by atoms with Crippen LogP contribution >= 0.6 is 11.6 Å². The van der Waals surface area contributed by atoms with E-state index in [0.717, 1.165) is 11.4 Å². The van der Waals surface area contributed by atoms with Crippen molar-refractivity contribution in [3.8, 4) is 0 Å². The van der Waals surface area contributed by atoms with Gasteiger partial charge in [-0.15, -0.1) is 0 Å². The van der Waals surface area contributed by atoms with E-state index in [1.54, 1.807) is 16.8 Å². The van der Waals surface area contributed by atoms with E-state index in [1.807, 2.05) is 20.0 Å². The van der Waals surface area contributed by atoms with E-state index in [0.29, 0.717) is 12.0 Å². The van der Waals surface area contributed by atoms with Gasteiger partial charge in [0.15, 0.2) is 0 Å². The fraction of sp³-hybridized carbons (Fsp3) is 0.357. The van der Waals surface area contributed by atoms with E-state index < -0.39 is 11.9 Å². The highest BCUT2D eigenvalue weighted by molar-refractivity contribution is 6.30. The number of nitrogens with zero attached hydrogens (tertiary/aromatic N) is 2. The predicted octanol–water partition coefficient (Wildman–Crippen LogP) is 2.67. The average Bonchev–Trinajstić information content (AvgIpc) is 2.64. The second-order valence-electron chi connectivity index (χ2n) is 4.68. The molecule has 0 bridgehead atoms. The summed E-state index contributed by atoms with van der Waals surface area (Å²) in [5, 5.41) is 14.4. The number of aliphatic hydroxyl groups is 1. The Labute approximate surface area is 116 Å². The van der Waals surface area contributed by atoms with Crippen LogP contribution in [0, 0.1) is 12.7 Å². The summed E-state index contributed by atoms with van der Waals surface area (Å²) >= 11 is 5.72. The van der Waals surface area contributed by atoms with Crippen LogP contribution < -0.4 is 0 Å². The molecule has 3 nitrogen and oxygen atoms in total. The van der Waals surface area contributed by atoms with E-state index in [1.165, 1.54) is 6.07 Å². The number of aliphatic hydroxyl groups excluding tert-OH is 1. The fourth-order valence-electron chi connectivity index (χ4n) is 2.13. The number of rotatable bonds is 4. The molecule has 1 N–H and O–H groups in total. The molecular weight excluding hydrogens is 267 g/mol. The van der Waals surface area contributed by atoms with Gasteiger partial charge in [0.05, 0.1) is 16.8 Å². The highest BCUT2D eigenvalue weighted by atomic mass is 35.5. The first-order chi connectivity index (χ1) is 8.97. The molecule has 0 aliphatic heterocycles. The number of halogens is 2. The first kappa shape index (κ1) is 14.0. The lowest BCUT2D eigenvalue weighted by Crippen LogP contribution is -2.17. The maximum Gasteiger partial charge on any atom is 0.145 e. The zero-order chi connectivity index (χ0) is 14.0. The SMILES string of the molecule is Cc1cc(CC(O)Cc2cccc(Cl)c2F)n(C)n1. The summed E-state index contributed by atoms with van der Waals surface area (Å²) < 4.78 is 15.5. The molecule has 1 atom stereocenters. The summed E-state index contributed by atoms with van der Waals surface area (Å²) in [5.41, 5.74) is 2.25. The average molecular weight is 283 g/mol. The van der Waals surface area contributed by atoms with Crippen LogP contribution in [-0.4, -0.2) is 21.0 Å². The Balaban J connectivity index is 2.07. The van der Waals surface area contributed by atoms with Crippen molar-refractivity contribution in [2.45, 2.75) is 25.9 Å². The Morgan fingerprint density at radius 2 is 2.16 bits per heavy atom.